The maximum Gasteiger partial charge on any atom is 0.229 e. The first-order chi connectivity index (χ1) is 10.1. The molecule has 108 valence electrons. The summed E-state index contributed by atoms with van der Waals surface area (Å²) in [6, 6.07) is 6.32. The fourth-order valence-electron chi connectivity index (χ4n) is 2.26. The minimum absolute atomic E-state index is 0.101. The van der Waals surface area contributed by atoms with E-state index in [1.165, 1.54) is 22.3 Å². The molecule has 1 aliphatic heterocycles. The van der Waals surface area contributed by atoms with E-state index in [2.05, 4.69) is 4.98 Å². The molecule has 1 fully saturated rings. The lowest BCUT2D eigenvalue weighted by atomic mass is 10.1. The van der Waals surface area contributed by atoms with Crippen LogP contribution >= 0.6 is 11.3 Å². The lowest BCUT2D eigenvalue weighted by molar-refractivity contribution is -0.123. The highest BCUT2D eigenvalue weighted by molar-refractivity contribution is 7.14. The minimum Gasteiger partial charge on any atom is -0.369 e. The molecule has 2 aromatic rings. The van der Waals surface area contributed by atoms with Gasteiger partial charge in [0.1, 0.15) is 5.82 Å². The Labute approximate surface area is 124 Å². The smallest absolute Gasteiger partial charge is 0.229 e. The zero-order valence-corrected chi connectivity index (χ0v) is 11.8. The van der Waals surface area contributed by atoms with Crippen LogP contribution in [0.3, 0.4) is 0 Å². The maximum absolute atomic E-state index is 13.7. The monoisotopic (exact) mass is 305 g/mol. The molecule has 1 atom stereocenters. The SMILES string of the molecule is NC(=O)C1CC(=O)N(c2nc(-c3ccccc3F)cs2)C1. The van der Waals surface area contributed by atoms with Gasteiger partial charge in [0.2, 0.25) is 11.8 Å². The number of anilines is 1. The van der Waals surface area contributed by atoms with Gasteiger partial charge in [-0.2, -0.15) is 0 Å². The summed E-state index contributed by atoms with van der Waals surface area (Å²) in [5.74, 6) is -1.53. The van der Waals surface area contributed by atoms with Gasteiger partial charge >= 0.3 is 0 Å². The number of hydrogen-bond donors (Lipinski definition) is 1. The molecule has 2 amide bonds. The highest BCUT2D eigenvalue weighted by Crippen LogP contribution is 2.32. The van der Waals surface area contributed by atoms with Crippen molar-refractivity contribution in [3.63, 3.8) is 0 Å². The van der Waals surface area contributed by atoms with E-state index in [4.69, 9.17) is 5.73 Å². The maximum atomic E-state index is 13.7. The molecule has 5 nitrogen and oxygen atoms in total. The van der Waals surface area contributed by atoms with Gasteiger partial charge in [-0.25, -0.2) is 9.37 Å². The molecular formula is C14H12FN3O2S. The van der Waals surface area contributed by atoms with Gasteiger partial charge in [0.25, 0.3) is 0 Å². The van der Waals surface area contributed by atoms with Crippen LogP contribution < -0.4 is 10.6 Å². The standard InChI is InChI=1S/C14H12FN3O2S/c15-10-4-2-1-3-9(10)11-7-21-14(17-11)18-6-8(13(16)20)5-12(18)19/h1-4,7-8H,5-6H2,(H2,16,20). The second-order valence-electron chi connectivity index (χ2n) is 4.80. The van der Waals surface area contributed by atoms with E-state index in [-0.39, 0.29) is 24.7 Å². The van der Waals surface area contributed by atoms with Gasteiger partial charge in [-0.15, -0.1) is 11.3 Å². The van der Waals surface area contributed by atoms with Crippen LogP contribution in [0.2, 0.25) is 0 Å². The molecule has 0 saturated carbocycles. The summed E-state index contributed by atoms with van der Waals surface area (Å²) >= 11 is 1.24. The molecular weight excluding hydrogens is 293 g/mol. The topological polar surface area (TPSA) is 76.3 Å². The molecule has 1 saturated heterocycles. The van der Waals surface area contributed by atoms with Crippen molar-refractivity contribution in [1.29, 1.82) is 0 Å². The minimum atomic E-state index is -0.489. The van der Waals surface area contributed by atoms with E-state index >= 15 is 0 Å². The van der Waals surface area contributed by atoms with Gasteiger partial charge < -0.3 is 5.73 Å². The predicted molar refractivity (Wildman–Crippen MR) is 77.2 cm³/mol. The van der Waals surface area contributed by atoms with E-state index in [0.29, 0.717) is 16.4 Å². The molecule has 0 bridgehead atoms. The molecule has 1 aromatic carbocycles. The van der Waals surface area contributed by atoms with Crippen LogP contribution in [0.15, 0.2) is 29.6 Å². The first kappa shape index (κ1) is 13.7. The Morgan fingerprint density at radius 2 is 2.19 bits per heavy atom. The molecule has 21 heavy (non-hydrogen) atoms. The number of halogens is 1. The van der Waals surface area contributed by atoms with Crippen LogP contribution in [0.1, 0.15) is 6.42 Å². The Hall–Kier alpha value is -2.28. The third-order valence-corrected chi connectivity index (χ3v) is 4.26. The Kier molecular flexibility index (Phi) is 3.42. The van der Waals surface area contributed by atoms with Gasteiger partial charge in [0, 0.05) is 23.9 Å². The van der Waals surface area contributed by atoms with Crippen LogP contribution in [0, 0.1) is 11.7 Å². The fraction of sp³-hybridized carbons (Fsp3) is 0.214. The number of carbonyl (C=O) groups excluding carboxylic acids is 2. The molecule has 1 aliphatic rings. The number of nitrogens with two attached hydrogens (primary N) is 1. The molecule has 3 rings (SSSR count). The molecule has 2 N–H and O–H groups in total. The second-order valence-corrected chi connectivity index (χ2v) is 5.64. The average Bonchev–Trinajstić information content (AvgIpc) is 3.05. The van der Waals surface area contributed by atoms with Crippen molar-refractivity contribution in [2.45, 2.75) is 6.42 Å². The van der Waals surface area contributed by atoms with Crippen molar-refractivity contribution in [2.75, 3.05) is 11.4 Å². The number of benzene rings is 1. The van der Waals surface area contributed by atoms with E-state index in [0.717, 1.165) is 0 Å². The predicted octanol–water partition coefficient (Wildman–Crippen LogP) is 1.79. The largest absolute Gasteiger partial charge is 0.369 e. The number of thiazole rings is 1. The molecule has 1 aromatic heterocycles. The third kappa shape index (κ3) is 2.52. The summed E-state index contributed by atoms with van der Waals surface area (Å²) in [7, 11) is 0. The Morgan fingerprint density at radius 1 is 1.43 bits per heavy atom. The average molecular weight is 305 g/mol. The van der Waals surface area contributed by atoms with E-state index in [1.54, 1.807) is 23.6 Å². The summed E-state index contributed by atoms with van der Waals surface area (Å²) in [5.41, 5.74) is 6.09. The van der Waals surface area contributed by atoms with Crippen LogP contribution in [0.4, 0.5) is 9.52 Å². The Morgan fingerprint density at radius 3 is 2.86 bits per heavy atom. The summed E-state index contributed by atoms with van der Waals surface area (Å²) in [5, 5.41) is 2.15. The van der Waals surface area contributed by atoms with E-state index in [9.17, 15) is 14.0 Å². The third-order valence-electron chi connectivity index (χ3n) is 3.40. The summed E-state index contributed by atoms with van der Waals surface area (Å²) < 4.78 is 13.7. The molecule has 0 spiro atoms. The summed E-state index contributed by atoms with van der Waals surface area (Å²) in [4.78, 5) is 28.8. The van der Waals surface area contributed by atoms with Crippen LogP contribution in [0.5, 0.6) is 0 Å². The van der Waals surface area contributed by atoms with Gasteiger partial charge in [0.05, 0.1) is 11.6 Å². The number of amides is 2. The summed E-state index contributed by atoms with van der Waals surface area (Å²) in [6.07, 6.45) is 0.101. The molecule has 2 heterocycles. The highest BCUT2D eigenvalue weighted by Gasteiger charge is 2.35. The van der Waals surface area contributed by atoms with Gasteiger partial charge in [-0.3, -0.25) is 14.5 Å². The number of primary amides is 1. The number of rotatable bonds is 3. The molecule has 1 unspecified atom stereocenters. The fourth-order valence-corrected chi connectivity index (χ4v) is 3.12. The van der Waals surface area contributed by atoms with Crippen LogP contribution in [-0.4, -0.2) is 23.3 Å². The first-order valence-electron chi connectivity index (χ1n) is 6.36. The lowest BCUT2D eigenvalue weighted by Crippen LogP contribution is -2.28. The molecule has 7 heteroatoms. The number of hydrogen-bond acceptors (Lipinski definition) is 4. The normalized spacial score (nSPS) is 18.2. The number of aromatic nitrogens is 1. The van der Waals surface area contributed by atoms with Crippen molar-refractivity contribution < 1.29 is 14.0 Å². The van der Waals surface area contributed by atoms with E-state index in [1.807, 2.05) is 0 Å². The zero-order valence-electron chi connectivity index (χ0n) is 11.0. The first-order valence-corrected chi connectivity index (χ1v) is 7.24. The lowest BCUT2D eigenvalue weighted by Gasteiger charge is -2.11. The number of nitrogens with zero attached hydrogens (tertiary/aromatic N) is 2. The van der Waals surface area contributed by atoms with Crippen molar-refractivity contribution in [2.24, 2.45) is 11.7 Å². The van der Waals surface area contributed by atoms with E-state index < -0.39 is 11.8 Å². The molecule has 0 aliphatic carbocycles. The zero-order chi connectivity index (χ0) is 15.0. The second kappa shape index (κ2) is 5.25. The van der Waals surface area contributed by atoms with Crippen LogP contribution in [-0.2, 0) is 9.59 Å². The van der Waals surface area contributed by atoms with Crippen molar-refractivity contribution in [3.05, 3.63) is 35.5 Å². The van der Waals surface area contributed by atoms with Crippen LogP contribution in [0.25, 0.3) is 11.3 Å². The van der Waals surface area contributed by atoms with Gasteiger partial charge in [-0.05, 0) is 12.1 Å². The van der Waals surface area contributed by atoms with Gasteiger partial charge in [-0.1, -0.05) is 12.1 Å². The Balaban J connectivity index is 1.88. The van der Waals surface area contributed by atoms with Crippen molar-refractivity contribution >= 4 is 28.3 Å². The van der Waals surface area contributed by atoms with Gasteiger partial charge in [0.15, 0.2) is 5.13 Å². The summed E-state index contributed by atoms with van der Waals surface area (Å²) in [6.45, 7) is 0.235. The van der Waals surface area contributed by atoms with Crippen molar-refractivity contribution in [3.8, 4) is 11.3 Å². The highest BCUT2D eigenvalue weighted by atomic mass is 32.1. The molecule has 0 radical (unpaired) electrons. The quantitative estimate of drug-likeness (QED) is 0.939. The Bertz CT molecular complexity index is 716. The number of carbonyl (C=O) groups is 2. The van der Waals surface area contributed by atoms with Crippen molar-refractivity contribution in [1.82, 2.24) is 4.98 Å².